The SMILES string of the molecule is C[C@H](NC(=O)c1c[nH]c2ccc(-c3ccc4nc(NC(=O)C(F)(F)F)sc4c3)cc12)c1cccc(F)c1. The van der Waals surface area contributed by atoms with Crippen LogP contribution in [-0.4, -0.2) is 28.0 Å². The van der Waals surface area contributed by atoms with Gasteiger partial charge in [0.05, 0.1) is 21.8 Å². The predicted molar refractivity (Wildman–Crippen MR) is 134 cm³/mol. The molecular weight excluding hydrogens is 508 g/mol. The molecule has 0 saturated heterocycles. The number of hydrogen-bond donors (Lipinski definition) is 3. The molecule has 0 aliphatic heterocycles. The summed E-state index contributed by atoms with van der Waals surface area (Å²) in [7, 11) is 0. The van der Waals surface area contributed by atoms with Crippen molar-refractivity contribution >= 4 is 49.4 Å². The van der Waals surface area contributed by atoms with E-state index in [1.54, 1.807) is 48.8 Å². The molecule has 6 nitrogen and oxygen atoms in total. The van der Waals surface area contributed by atoms with Crippen LogP contribution in [0.3, 0.4) is 0 Å². The minimum absolute atomic E-state index is 0.151. The number of fused-ring (bicyclic) bond motifs is 2. The Labute approximate surface area is 211 Å². The molecule has 1 atom stereocenters. The van der Waals surface area contributed by atoms with E-state index >= 15 is 0 Å². The zero-order valence-electron chi connectivity index (χ0n) is 19.1. The van der Waals surface area contributed by atoms with Crippen LogP contribution < -0.4 is 10.6 Å². The van der Waals surface area contributed by atoms with Gasteiger partial charge >= 0.3 is 12.1 Å². The van der Waals surface area contributed by atoms with Gasteiger partial charge in [0, 0.05) is 17.1 Å². The number of carbonyl (C=O) groups excluding carboxylic acids is 2. The summed E-state index contributed by atoms with van der Waals surface area (Å²) in [6.07, 6.45) is -3.40. The summed E-state index contributed by atoms with van der Waals surface area (Å²) in [5.74, 6) is -2.80. The molecule has 3 aromatic carbocycles. The third-order valence-corrected chi connectivity index (χ3v) is 6.76. The Hall–Kier alpha value is -4.25. The number of aromatic amines is 1. The Morgan fingerprint density at radius 2 is 1.78 bits per heavy atom. The summed E-state index contributed by atoms with van der Waals surface area (Å²) in [4.78, 5) is 31.4. The summed E-state index contributed by atoms with van der Waals surface area (Å²) in [5.41, 5.74) is 3.76. The van der Waals surface area contributed by atoms with Crippen molar-refractivity contribution in [3.63, 3.8) is 0 Å². The van der Waals surface area contributed by atoms with Gasteiger partial charge in [0.2, 0.25) is 0 Å². The fourth-order valence-corrected chi connectivity index (χ4v) is 4.85. The number of alkyl halides is 3. The highest BCUT2D eigenvalue weighted by Gasteiger charge is 2.39. The molecule has 0 aliphatic carbocycles. The molecule has 0 fully saturated rings. The molecule has 3 N–H and O–H groups in total. The molecule has 5 rings (SSSR count). The van der Waals surface area contributed by atoms with E-state index in [4.69, 9.17) is 0 Å². The maximum atomic E-state index is 13.6. The van der Waals surface area contributed by atoms with Crippen LogP contribution in [0.15, 0.2) is 66.9 Å². The van der Waals surface area contributed by atoms with Gasteiger partial charge in [-0.1, -0.05) is 35.6 Å². The van der Waals surface area contributed by atoms with Crippen molar-refractivity contribution < 1.29 is 27.2 Å². The molecule has 188 valence electrons. The quantitative estimate of drug-likeness (QED) is 0.226. The van der Waals surface area contributed by atoms with Gasteiger partial charge in [-0.15, -0.1) is 0 Å². The number of thiazole rings is 1. The van der Waals surface area contributed by atoms with E-state index in [9.17, 15) is 27.2 Å². The summed E-state index contributed by atoms with van der Waals surface area (Å²) in [6, 6.07) is 16.3. The van der Waals surface area contributed by atoms with Crippen LogP contribution in [0, 0.1) is 5.82 Å². The van der Waals surface area contributed by atoms with E-state index in [-0.39, 0.29) is 16.9 Å². The first kappa shape index (κ1) is 24.4. The van der Waals surface area contributed by atoms with E-state index in [0.717, 1.165) is 28.0 Å². The number of halogens is 4. The number of benzene rings is 3. The first-order valence-corrected chi connectivity index (χ1v) is 11.9. The molecule has 2 aromatic heterocycles. The van der Waals surface area contributed by atoms with E-state index in [1.165, 1.54) is 12.1 Å². The first-order valence-electron chi connectivity index (χ1n) is 11.0. The van der Waals surface area contributed by atoms with Gasteiger partial charge in [0.15, 0.2) is 5.13 Å². The van der Waals surface area contributed by atoms with Crippen LogP contribution in [0.25, 0.3) is 32.2 Å². The van der Waals surface area contributed by atoms with Gasteiger partial charge in [-0.05, 0) is 60.0 Å². The van der Waals surface area contributed by atoms with Crippen molar-refractivity contribution in [2.24, 2.45) is 0 Å². The summed E-state index contributed by atoms with van der Waals surface area (Å²) >= 11 is 0.930. The monoisotopic (exact) mass is 526 g/mol. The van der Waals surface area contributed by atoms with Gasteiger partial charge in [0.25, 0.3) is 5.91 Å². The number of anilines is 1. The van der Waals surface area contributed by atoms with Gasteiger partial charge < -0.3 is 10.3 Å². The normalized spacial score (nSPS) is 12.6. The molecular formula is C26H18F4N4O2S. The van der Waals surface area contributed by atoms with E-state index < -0.39 is 18.1 Å². The smallest absolute Gasteiger partial charge is 0.360 e. The number of nitrogens with zero attached hydrogens (tertiary/aromatic N) is 1. The van der Waals surface area contributed by atoms with Crippen molar-refractivity contribution in [3.8, 4) is 11.1 Å². The molecule has 11 heteroatoms. The van der Waals surface area contributed by atoms with E-state index in [1.807, 2.05) is 18.2 Å². The van der Waals surface area contributed by atoms with Crippen LogP contribution >= 0.6 is 11.3 Å². The fourth-order valence-electron chi connectivity index (χ4n) is 3.95. The second-order valence-electron chi connectivity index (χ2n) is 8.37. The predicted octanol–water partition coefficient (Wildman–Crippen LogP) is 6.58. The van der Waals surface area contributed by atoms with Gasteiger partial charge in [-0.2, -0.15) is 13.2 Å². The maximum Gasteiger partial charge on any atom is 0.471 e. The molecule has 0 aliphatic rings. The van der Waals surface area contributed by atoms with Crippen LogP contribution in [-0.2, 0) is 4.79 Å². The minimum Gasteiger partial charge on any atom is -0.360 e. The Morgan fingerprint density at radius 3 is 2.54 bits per heavy atom. The highest BCUT2D eigenvalue weighted by Crippen LogP contribution is 2.33. The lowest BCUT2D eigenvalue weighted by atomic mass is 10.0. The molecule has 2 amide bonds. The van der Waals surface area contributed by atoms with Crippen LogP contribution in [0.4, 0.5) is 22.7 Å². The highest BCUT2D eigenvalue weighted by molar-refractivity contribution is 7.22. The van der Waals surface area contributed by atoms with Gasteiger partial charge in [-0.25, -0.2) is 9.37 Å². The summed E-state index contributed by atoms with van der Waals surface area (Å²) < 4.78 is 51.8. The number of aromatic nitrogens is 2. The molecule has 0 radical (unpaired) electrons. The van der Waals surface area contributed by atoms with Gasteiger partial charge in [-0.3, -0.25) is 14.9 Å². The fraction of sp³-hybridized carbons (Fsp3) is 0.115. The van der Waals surface area contributed by atoms with Crippen molar-refractivity contribution in [3.05, 3.63) is 83.8 Å². The Balaban J connectivity index is 1.41. The second-order valence-corrected chi connectivity index (χ2v) is 9.40. The number of amides is 2. The average Bonchev–Trinajstić information content (AvgIpc) is 3.46. The molecule has 0 saturated carbocycles. The summed E-state index contributed by atoms with van der Waals surface area (Å²) in [6.45, 7) is 1.77. The molecule has 37 heavy (non-hydrogen) atoms. The molecule has 2 heterocycles. The van der Waals surface area contributed by atoms with Crippen molar-refractivity contribution in [1.82, 2.24) is 15.3 Å². The number of rotatable bonds is 5. The van der Waals surface area contributed by atoms with Gasteiger partial charge in [0.1, 0.15) is 5.82 Å². The van der Waals surface area contributed by atoms with Crippen molar-refractivity contribution in [1.29, 1.82) is 0 Å². The lowest BCUT2D eigenvalue weighted by Crippen LogP contribution is -2.29. The highest BCUT2D eigenvalue weighted by atomic mass is 32.1. The van der Waals surface area contributed by atoms with Crippen molar-refractivity contribution in [2.75, 3.05) is 5.32 Å². The zero-order chi connectivity index (χ0) is 26.3. The van der Waals surface area contributed by atoms with Crippen LogP contribution in [0.2, 0.25) is 0 Å². The number of hydrogen-bond acceptors (Lipinski definition) is 4. The number of carbonyl (C=O) groups is 2. The molecule has 0 bridgehead atoms. The lowest BCUT2D eigenvalue weighted by Gasteiger charge is -2.14. The van der Waals surface area contributed by atoms with E-state index in [2.05, 4.69) is 15.3 Å². The molecule has 0 spiro atoms. The second kappa shape index (κ2) is 9.32. The molecule has 0 unspecified atom stereocenters. The van der Waals surface area contributed by atoms with Crippen LogP contribution in [0.1, 0.15) is 28.9 Å². The largest absolute Gasteiger partial charge is 0.471 e. The minimum atomic E-state index is -5.01. The first-order chi connectivity index (χ1) is 17.6. The number of H-pyrrole nitrogens is 1. The maximum absolute atomic E-state index is 13.6. The summed E-state index contributed by atoms with van der Waals surface area (Å²) in [5, 5.41) is 5.18. The lowest BCUT2D eigenvalue weighted by molar-refractivity contribution is -0.167. The number of nitrogens with one attached hydrogen (secondary N) is 3. The Morgan fingerprint density at radius 1 is 1.03 bits per heavy atom. The topological polar surface area (TPSA) is 86.9 Å². The van der Waals surface area contributed by atoms with E-state index in [0.29, 0.717) is 26.7 Å². The molecule has 5 aromatic rings. The Bertz CT molecular complexity index is 1660. The third kappa shape index (κ3) is 5.03. The Kier molecular flexibility index (Phi) is 6.16. The third-order valence-electron chi connectivity index (χ3n) is 5.82. The average molecular weight is 527 g/mol. The van der Waals surface area contributed by atoms with Crippen LogP contribution in [0.5, 0.6) is 0 Å². The van der Waals surface area contributed by atoms with Crippen molar-refractivity contribution in [2.45, 2.75) is 19.1 Å². The standard InChI is InChI=1S/C26H18F4N4O2S/c1-13(14-3-2-4-17(27)9-14)32-23(35)19-12-31-20-7-5-15(10-18(19)20)16-6-8-21-22(11-16)37-25(33-21)34-24(36)26(28,29)30/h2-13,31H,1H3,(H,32,35)(H,33,34,36)/t13-/m0/s1. The zero-order valence-corrected chi connectivity index (χ0v) is 19.9.